The van der Waals surface area contributed by atoms with E-state index in [0.29, 0.717) is 49.0 Å². The predicted molar refractivity (Wildman–Crippen MR) is 129 cm³/mol. The molecule has 0 aromatic carbocycles. The van der Waals surface area contributed by atoms with Crippen LogP contribution in [0.3, 0.4) is 0 Å². The maximum atomic E-state index is 14.8. The summed E-state index contributed by atoms with van der Waals surface area (Å²) >= 11 is 1.46. The summed E-state index contributed by atoms with van der Waals surface area (Å²) in [5, 5.41) is 17.0. The van der Waals surface area contributed by atoms with Gasteiger partial charge in [0.15, 0.2) is 23.1 Å². The lowest BCUT2D eigenvalue weighted by atomic mass is 10.1. The lowest BCUT2D eigenvalue weighted by molar-refractivity contribution is -0.126. The van der Waals surface area contributed by atoms with Gasteiger partial charge < -0.3 is 14.8 Å². The summed E-state index contributed by atoms with van der Waals surface area (Å²) in [4.78, 5) is 41.1. The number of rotatable bonds is 5. The summed E-state index contributed by atoms with van der Waals surface area (Å²) in [6.45, 7) is 1.53. The number of pyridine rings is 1. The number of nitrogens with zero attached hydrogens (tertiary/aromatic N) is 8. The van der Waals surface area contributed by atoms with Crippen LogP contribution in [0.25, 0.3) is 21.6 Å². The summed E-state index contributed by atoms with van der Waals surface area (Å²) in [5.41, 5.74) is 3.92. The SMILES string of the molecule is CN1C=CN(c2ncc(F)c3c(C(=O)C(=O)N4CCN(c5n[nH]nc5-c5nccs5)CC4)c[nH]c23)N1. The molecule has 0 spiro atoms. The summed E-state index contributed by atoms with van der Waals surface area (Å²) < 4.78 is 14.8. The molecule has 6 rings (SSSR count). The van der Waals surface area contributed by atoms with Crippen molar-refractivity contribution in [1.29, 1.82) is 0 Å². The Labute approximate surface area is 207 Å². The van der Waals surface area contributed by atoms with Crippen LogP contribution in [0.1, 0.15) is 10.4 Å². The van der Waals surface area contributed by atoms with Gasteiger partial charge in [-0.1, -0.05) is 0 Å². The van der Waals surface area contributed by atoms with E-state index in [2.05, 4.69) is 35.9 Å². The number of amides is 1. The number of hydrogen-bond donors (Lipinski definition) is 3. The van der Waals surface area contributed by atoms with E-state index in [4.69, 9.17) is 0 Å². The highest BCUT2D eigenvalue weighted by molar-refractivity contribution is 7.13. The summed E-state index contributed by atoms with van der Waals surface area (Å²) in [6.07, 6.45) is 7.56. The van der Waals surface area contributed by atoms with Gasteiger partial charge in [0.2, 0.25) is 0 Å². The number of H-pyrrole nitrogens is 2. The monoisotopic (exact) mass is 509 g/mol. The first-order valence-corrected chi connectivity index (χ1v) is 11.9. The van der Waals surface area contributed by atoms with Gasteiger partial charge in [-0.3, -0.25) is 14.6 Å². The molecule has 0 bridgehead atoms. The quantitative estimate of drug-likeness (QED) is 0.265. The molecule has 6 heterocycles. The molecule has 3 N–H and O–H groups in total. The molecular formula is C21H20FN11O2S. The third-order valence-corrected chi connectivity index (χ3v) is 6.83. The van der Waals surface area contributed by atoms with E-state index >= 15 is 0 Å². The van der Waals surface area contributed by atoms with Crippen molar-refractivity contribution in [2.45, 2.75) is 0 Å². The van der Waals surface area contributed by atoms with Gasteiger partial charge in [-0.15, -0.1) is 22.0 Å². The molecule has 4 aromatic rings. The van der Waals surface area contributed by atoms with Crippen LogP contribution in [-0.2, 0) is 4.79 Å². The van der Waals surface area contributed by atoms with Crippen LogP contribution < -0.4 is 15.4 Å². The van der Waals surface area contributed by atoms with Crippen LogP contribution in [0, 0.1) is 5.82 Å². The van der Waals surface area contributed by atoms with Crippen LogP contribution >= 0.6 is 11.3 Å². The smallest absolute Gasteiger partial charge is 0.295 e. The third-order valence-electron chi connectivity index (χ3n) is 6.05. The molecule has 15 heteroatoms. The molecule has 0 unspecified atom stereocenters. The highest BCUT2D eigenvalue weighted by Crippen LogP contribution is 2.31. The van der Waals surface area contributed by atoms with Gasteiger partial charge in [0.1, 0.15) is 5.01 Å². The molecule has 0 aliphatic carbocycles. The zero-order chi connectivity index (χ0) is 24.8. The average Bonchev–Trinajstić information content (AvgIpc) is 3.70. The fraction of sp³-hybridized carbons (Fsp3) is 0.238. The van der Waals surface area contributed by atoms with E-state index in [9.17, 15) is 14.0 Å². The Morgan fingerprint density at radius 2 is 1.92 bits per heavy atom. The topological polar surface area (TPSA) is 142 Å². The van der Waals surface area contributed by atoms with E-state index in [0.717, 1.165) is 11.2 Å². The number of Topliss-reactive ketones (excluding diaryl/α,β-unsaturated/α-hetero) is 1. The molecule has 0 saturated carbocycles. The number of nitrogens with one attached hydrogen (secondary N) is 3. The van der Waals surface area contributed by atoms with E-state index in [1.165, 1.54) is 22.4 Å². The largest absolute Gasteiger partial charge is 0.357 e. The van der Waals surface area contributed by atoms with Gasteiger partial charge in [-0.2, -0.15) is 10.3 Å². The normalized spacial score (nSPS) is 15.9. The summed E-state index contributed by atoms with van der Waals surface area (Å²) in [6, 6.07) is 0. The highest BCUT2D eigenvalue weighted by Gasteiger charge is 2.32. The number of anilines is 2. The van der Waals surface area contributed by atoms with Crippen molar-refractivity contribution in [3.63, 3.8) is 0 Å². The number of hydrazine groups is 2. The second kappa shape index (κ2) is 8.69. The fourth-order valence-electron chi connectivity index (χ4n) is 4.29. The van der Waals surface area contributed by atoms with Crippen molar-refractivity contribution < 1.29 is 14.0 Å². The Morgan fingerprint density at radius 1 is 1.08 bits per heavy atom. The number of fused-ring (bicyclic) bond motifs is 1. The number of thiazole rings is 1. The van der Waals surface area contributed by atoms with Gasteiger partial charge in [-0.05, 0) is 0 Å². The van der Waals surface area contributed by atoms with Crippen molar-refractivity contribution in [2.24, 2.45) is 0 Å². The first-order valence-electron chi connectivity index (χ1n) is 11.0. The van der Waals surface area contributed by atoms with Crippen LogP contribution in [0.2, 0.25) is 0 Å². The Hall–Kier alpha value is -4.37. The maximum Gasteiger partial charge on any atom is 0.295 e. The molecule has 1 amide bonds. The van der Waals surface area contributed by atoms with Gasteiger partial charge in [0, 0.05) is 63.4 Å². The number of piperazine rings is 1. The second-order valence-corrected chi connectivity index (χ2v) is 9.10. The van der Waals surface area contributed by atoms with Crippen LogP contribution in [-0.4, -0.2) is 85.2 Å². The van der Waals surface area contributed by atoms with Crippen molar-refractivity contribution >= 4 is 45.6 Å². The molecule has 1 saturated heterocycles. The average molecular weight is 510 g/mol. The van der Waals surface area contributed by atoms with Crippen LogP contribution in [0.4, 0.5) is 16.0 Å². The molecule has 0 radical (unpaired) electrons. The molecule has 2 aliphatic heterocycles. The number of carbonyl (C=O) groups is 2. The lowest BCUT2D eigenvalue weighted by Crippen LogP contribution is -2.50. The van der Waals surface area contributed by atoms with E-state index in [1.807, 2.05) is 10.3 Å². The Bertz CT molecular complexity index is 1470. The molecule has 36 heavy (non-hydrogen) atoms. The van der Waals surface area contributed by atoms with Crippen molar-refractivity contribution in [1.82, 2.24) is 45.8 Å². The molecule has 2 aliphatic rings. The number of ketones is 1. The van der Waals surface area contributed by atoms with E-state index in [-0.39, 0.29) is 10.9 Å². The van der Waals surface area contributed by atoms with E-state index < -0.39 is 17.5 Å². The maximum absolute atomic E-state index is 14.8. The number of aromatic nitrogens is 6. The third kappa shape index (κ3) is 3.64. The van der Waals surface area contributed by atoms with Gasteiger partial charge in [0.25, 0.3) is 11.7 Å². The molecule has 13 nitrogen and oxygen atoms in total. The minimum absolute atomic E-state index is 0.0254. The first-order chi connectivity index (χ1) is 17.5. The number of halogens is 1. The minimum Gasteiger partial charge on any atom is -0.357 e. The molecule has 184 valence electrons. The second-order valence-electron chi connectivity index (χ2n) is 8.20. The zero-order valence-corrected chi connectivity index (χ0v) is 19.8. The molecule has 4 aromatic heterocycles. The van der Waals surface area contributed by atoms with Crippen molar-refractivity contribution in [3.8, 4) is 10.7 Å². The van der Waals surface area contributed by atoms with Crippen LogP contribution in [0.5, 0.6) is 0 Å². The minimum atomic E-state index is -0.780. The Kier molecular flexibility index (Phi) is 5.34. The lowest BCUT2D eigenvalue weighted by Gasteiger charge is -2.34. The number of hydrogen-bond acceptors (Lipinski definition) is 11. The van der Waals surface area contributed by atoms with Gasteiger partial charge in [0.05, 0.1) is 22.7 Å². The molecular weight excluding hydrogens is 489 g/mol. The summed E-state index contributed by atoms with van der Waals surface area (Å²) in [7, 11) is 1.79. The first kappa shape index (κ1) is 22.1. The van der Waals surface area contributed by atoms with Crippen molar-refractivity contribution in [2.75, 3.05) is 43.1 Å². The standard InChI is InChI=1S/C21H20FN11O2S/c1-30-3-8-33(29-30)18-15-14(13(22)11-25-18)12(10-24-15)17(34)21(35)32-6-4-31(5-7-32)19-16(26-28-27-19)20-23-2-9-36-20/h2-3,8-11,24,29H,4-7H2,1H3,(H,26,27,28). The Balaban J connectivity index is 1.19. The van der Waals surface area contributed by atoms with Crippen molar-refractivity contribution in [3.05, 3.63) is 47.8 Å². The number of carbonyl (C=O) groups excluding carboxylic acids is 2. The van der Waals surface area contributed by atoms with E-state index in [1.54, 1.807) is 35.7 Å². The predicted octanol–water partition coefficient (Wildman–Crippen LogP) is 1.12. The van der Waals surface area contributed by atoms with Gasteiger partial charge >= 0.3 is 0 Å². The van der Waals surface area contributed by atoms with Crippen LogP contribution in [0.15, 0.2) is 36.4 Å². The highest BCUT2D eigenvalue weighted by atomic mass is 32.1. The van der Waals surface area contributed by atoms with Gasteiger partial charge in [-0.25, -0.2) is 19.4 Å². The summed E-state index contributed by atoms with van der Waals surface area (Å²) in [5.74, 6) is -1.13. The Morgan fingerprint density at radius 3 is 2.64 bits per heavy atom. The molecule has 1 fully saturated rings. The molecule has 0 atom stereocenters. The number of aromatic amines is 2. The fourth-order valence-corrected chi connectivity index (χ4v) is 4.91. The zero-order valence-electron chi connectivity index (χ0n) is 19.0.